The van der Waals surface area contributed by atoms with Gasteiger partial charge in [0.05, 0.1) is 16.5 Å². The molecule has 1 unspecified atom stereocenters. The van der Waals surface area contributed by atoms with Crippen LogP contribution in [0.15, 0.2) is 36.4 Å². The maximum atomic E-state index is 13.0. The third kappa shape index (κ3) is 3.99. The van der Waals surface area contributed by atoms with Gasteiger partial charge in [-0.3, -0.25) is 9.59 Å². The van der Waals surface area contributed by atoms with Crippen LogP contribution < -0.4 is 10.2 Å². The molecule has 2 aromatic carbocycles. The molecule has 2 aromatic rings. The Morgan fingerprint density at radius 2 is 1.82 bits per heavy atom. The standard InChI is InChI=1S/C20H18ClF3N2O2/c1-11-4-3-5-12(2)18(11)26-10-13(8-17(26)27)19(28)25-14-6-7-16(21)15(9-14)20(22,23)24/h3-7,9,13H,8,10H2,1-2H3,(H,25,28). The molecule has 0 aliphatic carbocycles. The molecule has 0 saturated carbocycles. The number of anilines is 2. The maximum absolute atomic E-state index is 13.0. The largest absolute Gasteiger partial charge is 0.417 e. The van der Waals surface area contributed by atoms with Gasteiger partial charge in [-0.05, 0) is 43.2 Å². The van der Waals surface area contributed by atoms with E-state index in [0.29, 0.717) is 0 Å². The molecule has 2 amide bonds. The lowest BCUT2D eigenvalue weighted by atomic mass is 10.1. The average molecular weight is 411 g/mol. The minimum atomic E-state index is -4.62. The molecule has 1 aliphatic rings. The number of halogens is 4. The topological polar surface area (TPSA) is 49.4 Å². The normalized spacial score (nSPS) is 17.1. The number of hydrogen-bond acceptors (Lipinski definition) is 2. The van der Waals surface area contributed by atoms with Crippen molar-refractivity contribution < 1.29 is 22.8 Å². The monoisotopic (exact) mass is 410 g/mol. The number of amides is 2. The highest BCUT2D eigenvalue weighted by Gasteiger charge is 2.37. The summed E-state index contributed by atoms with van der Waals surface area (Å²) in [5.41, 5.74) is 1.57. The highest BCUT2D eigenvalue weighted by molar-refractivity contribution is 6.31. The van der Waals surface area contributed by atoms with Gasteiger partial charge in [-0.1, -0.05) is 29.8 Å². The molecule has 3 rings (SSSR count). The van der Waals surface area contributed by atoms with E-state index >= 15 is 0 Å². The van der Waals surface area contributed by atoms with E-state index in [1.54, 1.807) is 4.90 Å². The van der Waals surface area contributed by atoms with Gasteiger partial charge in [0, 0.05) is 24.3 Å². The molecule has 1 N–H and O–H groups in total. The average Bonchev–Trinajstić information content (AvgIpc) is 2.97. The van der Waals surface area contributed by atoms with Gasteiger partial charge in [0.2, 0.25) is 11.8 Å². The molecule has 1 atom stereocenters. The van der Waals surface area contributed by atoms with E-state index < -0.39 is 28.6 Å². The van der Waals surface area contributed by atoms with Gasteiger partial charge < -0.3 is 10.2 Å². The Labute approximate surface area is 165 Å². The highest BCUT2D eigenvalue weighted by Crippen LogP contribution is 2.36. The first-order valence-electron chi connectivity index (χ1n) is 8.62. The SMILES string of the molecule is Cc1cccc(C)c1N1CC(C(=O)Nc2ccc(Cl)c(C(F)(F)F)c2)CC1=O. The third-order valence-electron chi connectivity index (χ3n) is 4.74. The van der Waals surface area contributed by atoms with Crippen molar-refractivity contribution in [1.29, 1.82) is 0 Å². The van der Waals surface area contributed by atoms with Crippen LogP contribution in [0.1, 0.15) is 23.1 Å². The summed E-state index contributed by atoms with van der Waals surface area (Å²) in [6.45, 7) is 3.95. The Morgan fingerprint density at radius 3 is 2.43 bits per heavy atom. The van der Waals surface area contributed by atoms with E-state index in [1.807, 2.05) is 32.0 Å². The predicted molar refractivity (Wildman–Crippen MR) is 101 cm³/mol. The van der Waals surface area contributed by atoms with Gasteiger partial charge in [-0.2, -0.15) is 13.2 Å². The van der Waals surface area contributed by atoms with E-state index in [9.17, 15) is 22.8 Å². The van der Waals surface area contributed by atoms with Crippen LogP contribution in [0, 0.1) is 19.8 Å². The van der Waals surface area contributed by atoms with Crippen molar-refractivity contribution in [1.82, 2.24) is 0 Å². The second-order valence-corrected chi connectivity index (χ2v) is 7.23. The number of nitrogens with zero attached hydrogens (tertiary/aromatic N) is 1. The molecule has 0 spiro atoms. The molecule has 0 aromatic heterocycles. The number of nitrogens with one attached hydrogen (secondary N) is 1. The van der Waals surface area contributed by atoms with Gasteiger partial charge in [-0.25, -0.2) is 0 Å². The first kappa shape index (κ1) is 20.2. The molecular weight excluding hydrogens is 393 g/mol. The highest BCUT2D eigenvalue weighted by atomic mass is 35.5. The van der Waals surface area contributed by atoms with Crippen molar-refractivity contribution in [3.63, 3.8) is 0 Å². The summed E-state index contributed by atoms with van der Waals surface area (Å²) in [6.07, 6.45) is -4.63. The number of benzene rings is 2. The molecule has 1 fully saturated rings. The number of hydrogen-bond donors (Lipinski definition) is 1. The Bertz CT molecular complexity index is 923. The van der Waals surface area contributed by atoms with Gasteiger partial charge >= 0.3 is 6.18 Å². The van der Waals surface area contributed by atoms with E-state index in [4.69, 9.17) is 11.6 Å². The number of carbonyl (C=O) groups excluding carboxylic acids is 2. The first-order valence-corrected chi connectivity index (χ1v) is 9.00. The van der Waals surface area contributed by atoms with Crippen LogP contribution in [0.25, 0.3) is 0 Å². The molecule has 4 nitrogen and oxygen atoms in total. The number of rotatable bonds is 3. The second-order valence-electron chi connectivity index (χ2n) is 6.83. The van der Waals surface area contributed by atoms with E-state index in [1.165, 1.54) is 6.07 Å². The van der Waals surface area contributed by atoms with E-state index in [-0.39, 0.29) is 24.6 Å². The minimum absolute atomic E-state index is 0.000669. The van der Waals surface area contributed by atoms with Crippen molar-refractivity contribution in [3.8, 4) is 0 Å². The fraction of sp³-hybridized carbons (Fsp3) is 0.300. The Hall–Kier alpha value is -2.54. The van der Waals surface area contributed by atoms with Crippen LogP contribution >= 0.6 is 11.6 Å². The van der Waals surface area contributed by atoms with E-state index in [0.717, 1.165) is 28.9 Å². The summed E-state index contributed by atoms with van der Waals surface area (Å²) in [5.74, 6) is -1.35. The van der Waals surface area contributed by atoms with Crippen LogP contribution in [0.5, 0.6) is 0 Å². The molecule has 148 valence electrons. The van der Waals surface area contributed by atoms with Crippen molar-refractivity contribution in [2.75, 3.05) is 16.8 Å². The molecule has 1 heterocycles. The smallest absolute Gasteiger partial charge is 0.326 e. The Balaban J connectivity index is 1.77. The lowest BCUT2D eigenvalue weighted by Crippen LogP contribution is -2.29. The zero-order chi connectivity index (χ0) is 20.6. The molecule has 0 radical (unpaired) electrons. The van der Waals surface area contributed by atoms with Crippen LogP contribution in [-0.2, 0) is 15.8 Å². The van der Waals surface area contributed by atoms with Crippen LogP contribution in [0.2, 0.25) is 5.02 Å². The van der Waals surface area contributed by atoms with E-state index in [2.05, 4.69) is 5.32 Å². The summed E-state index contributed by atoms with van der Waals surface area (Å²) in [5, 5.41) is 2.03. The number of para-hydroxylation sites is 1. The zero-order valence-corrected chi connectivity index (χ0v) is 16.0. The maximum Gasteiger partial charge on any atom is 0.417 e. The molecule has 0 bridgehead atoms. The van der Waals surface area contributed by atoms with Crippen molar-refractivity contribution >= 4 is 34.8 Å². The summed E-state index contributed by atoms with van der Waals surface area (Å²) < 4.78 is 39.0. The molecular formula is C20H18ClF3N2O2. The quantitative estimate of drug-likeness (QED) is 0.776. The second kappa shape index (κ2) is 7.47. The fourth-order valence-corrected chi connectivity index (χ4v) is 3.62. The van der Waals surface area contributed by atoms with Gasteiger partial charge in [-0.15, -0.1) is 0 Å². The summed E-state index contributed by atoms with van der Waals surface area (Å²) in [7, 11) is 0. The molecule has 28 heavy (non-hydrogen) atoms. The molecule has 1 saturated heterocycles. The summed E-state index contributed by atoms with van der Waals surface area (Å²) in [6, 6.07) is 8.83. The van der Waals surface area contributed by atoms with Gasteiger partial charge in [0.15, 0.2) is 0 Å². The van der Waals surface area contributed by atoms with Gasteiger partial charge in [0.1, 0.15) is 0 Å². The lowest BCUT2D eigenvalue weighted by Gasteiger charge is -2.21. The van der Waals surface area contributed by atoms with Crippen molar-refractivity contribution in [3.05, 3.63) is 58.1 Å². The number of alkyl halides is 3. The minimum Gasteiger partial charge on any atom is -0.326 e. The molecule has 8 heteroatoms. The summed E-state index contributed by atoms with van der Waals surface area (Å²) >= 11 is 5.60. The summed E-state index contributed by atoms with van der Waals surface area (Å²) in [4.78, 5) is 26.6. The van der Waals surface area contributed by atoms with Crippen LogP contribution in [0.3, 0.4) is 0 Å². The molecule has 1 aliphatic heterocycles. The van der Waals surface area contributed by atoms with Crippen molar-refractivity contribution in [2.45, 2.75) is 26.4 Å². The lowest BCUT2D eigenvalue weighted by molar-refractivity contribution is -0.137. The fourth-order valence-electron chi connectivity index (χ4n) is 3.40. The first-order chi connectivity index (χ1) is 13.1. The Morgan fingerprint density at radius 1 is 1.18 bits per heavy atom. The number of aryl methyl sites for hydroxylation is 2. The van der Waals surface area contributed by atoms with Crippen LogP contribution in [-0.4, -0.2) is 18.4 Å². The predicted octanol–water partition coefficient (Wildman–Crippen LogP) is 4.97. The van der Waals surface area contributed by atoms with Gasteiger partial charge in [0.25, 0.3) is 0 Å². The third-order valence-corrected chi connectivity index (χ3v) is 5.07. The van der Waals surface area contributed by atoms with Crippen molar-refractivity contribution in [2.24, 2.45) is 5.92 Å². The zero-order valence-electron chi connectivity index (χ0n) is 15.2. The van der Waals surface area contributed by atoms with Crippen LogP contribution in [0.4, 0.5) is 24.5 Å². The number of carbonyl (C=O) groups is 2. The Kier molecular flexibility index (Phi) is 5.39.